The second-order valence-electron chi connectivity index (χ2n) is 6.77. The van der Waals surface area contributed by atoms with Crippen LogP contribution in [-0.4, -0.2) is 17.1 Å². The van der Waals surface area contributed by atoms with Gasteiger partial charge in [0.05, 0.1) is 5.56 Å². The van der Waals surface area contributed by atoms with E-state index in [-0.39, 0.29) is 0 Å². The molecule has 0 bridgehead atoms. The Morgan fingerprint density at radius 3 is 2.70 bits per heavy atom. The fourth-order valence-electron chi connectivity index (χ4n) is 2.98. The first-order chi connectivity index (χ1) is 9.37. The van der Waals surface area contributed by atoms with Gasteiger partial charge in [-0.25, -0.2) is 4.79 Å². The van der Waals surface area contributed by atoms with Gasteiger partial charge in [0.15, 0.2) is 0 Å². The Morgan fingerprint density at radius 1 is 1.30 bits per heavy atom. The Balaban J connectivity index is 2.05. The molecule has 2 rings (SSSR count). The summed E-state index contributed by atoms with van der Waals surface area (Å²) in [7, 11) is 0. The zero-order chi connectivity index (χ0) is 14.8. The van der Waals surface area contributed by atoms with E-state index in [1.54, 1.807) is 12.1 Å². The van der Waals surface area contributed by atoms with Crippen molar-refractivity contribution in [3.05, 3.63) is 29.3 Å². The van der Waals surface area contributed by atoms with Crippen molar-refractivity contribution in [1.82, 2.24) is 0 Å². The molecule has 1 aliphatic rings. The number of carboxylic acid groups (broad SMARTS) is 1. The minimum atomic E-state index is -0.865. The zero-order valence-electron chi connectivity index (χ0n) is 12.7. The predicted molar refractivity (Wildman–Crippen MR) is 82.4 cm³/mol. The molecule has 0 radical (unpaired) electrons. The molecule has 3 heteroatoms. The Kier molecular flexibility index (Phi) is 4.36. The highest BCUT2D eigenvalue weighted by atomic mass is 16.4. The van der Waals surface area contributed by atoms with Gasteiger partial charge in [-0.2, -0.15) is 0 Å². The summed E-state index contributed by atoms with van der Waals surface area (Å²) in [5.74, 6) is -0.865. The Morgan fingerprint density at radius 2 is 2.05 bits per heavy atom. The van der Waals surface area contributed by atoms with E-state index in [4.69, 9.17) is 5.11 Å². The smallest absolute Gasteiger partial charge is 0.335 e. The molecule has 0 amide bonds. The van der Waals surface area contributed by atoms with Crippen molar-refractivity contribution in [2.24, 2.45) is 5.41 Å². The molecule has 1 aromatic rings. The van der Waals surface area contributed by atoms with Gasteiger partial charge >= 0.3 is 5.97 Å². The number of aryl methyl sites for hydroxylation is 1. The van der Waals surface area contributed by atoms with Gasteiger partial charge in [0.1, 0.15) is 0 Å². The van der Waals surface area contributed by atoms with Crippen LogP contribution in [0.3, 0.4) is 0 Å². The predicted octanol–water partition coefficient (Wildman–Crippen LogP) is 4.46. The fourth-order valence-corrected chi connectivity index (χ4v) is 2.98. The topological polar surface area (TPSA) is 49.3 Å². The normalized spacial score (nSPS) is 22.1. The standard InChI is InChI=1S/C17H25NO2/c1-12-11-13(16(19)20)6-7-15(12)18-14-5-4-9-17(2,3)10-8-14/h6-7,11,14,18H,4-5,8-10H2,1-3H3,(H,19,20). The van der Waals surface area contributed by atoms with E-state index in [9.17, 15) is 4.79 Å². The largest absolute Gasteiger partial charge is 0.478 e. The molecule has 1 saturated carbocycles. The van der Waals surface area contributed by atoms with E-state index in [0.717, 1.165) is 11.3 Å². The number of rotatable bonds is 3. The number of carbonyl (C=O) groups is 1. The second-order valence-corrected chi connectivity index (χ2v) is 6.77. The van der Waals surface area contributed by atoms with E-state index in [2.05, 4.69) is 19.2 Å². The first-order valence-corrected chi connectivity index (χ1v) is 7.48. The van der Waals surface area contributed by atoms with Gasteiger partial charge in [0.2, 0.25) is 0 Å². The fraction of sp³-hybridized carbons (Fsp3) is 0.588. The number of hydrogen-bond donors (Lipinski definition) is 2. The van der Waals surface area contributed by atoms with Crippen LogP contribution in [-0.2, 0) is 0 Å². The molecule has 1 aromatic carbocycles. The Labute approximate surface area is 121 Å². The molecule has 2 N–H and O–H groups in total. The molecule has 1 fully saturated rings. The lowest BCUT2D eigenvalue weighted by atomic mass is 9.85. The van der Waals surface area contributed by atoms with E-state index >= 15 is 0 Å². The van der Waals surface area contributed by atoms with Gasteiger partial charge in [0.25, 0.3) is 0 Å². The van der Waals surface area contributed by atoms with Crippen LogP contribution in [0, 0.1) is 12.3 Å². The van der Waals surface area contributed by atoms with E-state index in [1.807, 2.05) is 13.0 Å². The number of aromatic carboxylic acids is 1. The summed E-state index contributed by atoms with van der Waals surface area (Å²) < 4.78 is 0. The van der Waals surface area contributed by atoms with Crippen molar-refractivity contribution >= 4 is 11.7 Å². The van der Waals surface area contributed by atoms with Crippen LogP contribution in [0.2, 0.25) is 0 Å². The minimum Gasteiger partial charge on any atom is -0.478 e. The van der Waals surface area contributed by atoms with Gasteiger partial charge < -0.3 is 10.4 Å². The van der Waals surface area contributed by atoms with Crippen LogP contribution in [0.1, 0.15) is 61.9 Å². The quantitative estimate of drug-likeness (QED) is 0.800. The van der Waals surface area contributed by atoms with Gasteiger partial charge in [-0.3, -0.25) is 0 Å². The van der Waals surface area contributed by atoms with Crippen molar-refractivity contribution in [1.29, 1.82) is 0 Å². The van der Waals surface area contributed by atoms with Crippen molar-refractivity contribution in [3.8, 4) is 0 Å². The van der Waals surface area contributed by atoms with Gasteiger partial charge in [-0.1, -0.05) is 20.3 Å². The maximum absolute atomic E-state index is 11.0. The molecule has 1 aliphatic carbocycles. The Bertz CT molecular complexity index is 494. The molecular weight excluding hydrogens is 250 g/mol. The number of nitrogens with one attached hydrogen (secondary N) is 1. The maximum atomic E-state index is 11.0. The van der Waals surface area contributed by atoms with Crippen LogP contribution in [0.25, 0.3) is 0 Å². The van der Waals surface area contributed by atoms with E-state index < -0.39 is 5.97 Å². The first kappa shape index (κ1) is 14.9. The van der Waals surface area contributed by atoms with Crippen LogP contribution >= 0.6 is 0 Å². The molecule has 1 atom stereocenters. The van der Waals surface area contributed by atoms with Crippen LogP contribution in [0.5, 0.6) is 0 Å². The van der Waals surface area contributed by atoms with Gasteiger partial charge in [0, 0.05) is 11.7 Å². The molecule has 20 heavy (non-hydrogen) atoms. The van der Waals surface area contributed by atoms with E-state index in [1.165, 1.54) is 32.1 Å². The molecule has 0 spiro atoms. The molecule has 0 heterocycles. The molecule has 3 nitrogen and oxygen atoms in total. The summed E-state index contributed by atoms with van der Waals surface area (Å²) in [6.45, 7) is 6.67. The molecule has 0 saturated heterocycles. The summed E-state index contributed by atoms with van der Waals surface area (Å²) in [5, 5.41) is 12.6. The monoisotopic (exact) mass is 275 g/mol. The molecular formula is C17H25NO2. The zero-order valence-corrected chi connectivity index (χ0v) is 12.7. The van der Waals surface area contributed by atoms with Gasteiger partial charge in [-0.15, -0.1) is 0 Å². The summed E-state index contributed by atoms with van der Waals surface area (Å²) in [4.78, 5) is 11.0. The highest BCUT2D eigenvalue weighted by molar-refractivity contribution is 5.88. The number of benzene rings is 1. The second kappa shape index (κ2) is 5.86. The first-order valence-electron chi connectivity index (χ1n) is 7.48. The van der Waals surface area contributed by atoms with Gasteiger partial charge in [-0.05, 0) is 61.8 Å². The lowest BCUT2D eigenvalue weighted by Crippen LogP contribution is -2.20. The third-order valence-corrected chi connectivity index (χ3v) is 4.41. The van der Waals surface area contributed by atoms with Crippen LogP contribution < -0.4 is 5.32 Å². The SMILES string of the molecule is Cc1cc(C(=O)O)ccc1NC1CCCC(C)(C)CC1. The van der Waals surface area contributed by atoms with Crippen molar-refractivity contribution in [2.75, 3.05) is 5.32 Å². The lowest BCUT2D eigenvalue weighted by Gasteiger charge is -2.23. The lowest BCUT2D eigenvalue weighted by molar-refractivity contribution is 0.0697. The van der Waals surface area contributed by atoms with Crippen LogP contribution in [0.15, 0.2) is 18.2 Å². The maximum Gasteiger partial charge on any atom is 0.335 e. The highest BCUT2D eigenvalue weighted by Crippen LogP contribution is 2.35. The Hall–Kier alpha value is -1.51. The summed E-state index contributed by atoms with van der Waals surface area (Å²) >= 11 is 0. The third-order valence-electron chi connectivity index (χ3n) is 4.41. The third kappa shape index (κ3) is 3.75. The molecule has 1 unspecified atom stereocenters. The van der Waals surface area contributed by atoms with Crippen molar-refractivity contribution in [3.63, 3.8) is 0 Å². The van der Waals surface area contributed by atoms with E-state index in [0.29, 0.717) is 17.0 Å². The summed E-state index contributed by atoms with van der Waals surface area (Å²) in [5.41, 5.74) is 2.89. The average molecular weight is 275 g/mol. The highest BCUT2D eigenvalue weighted by Gasteiger charge is 2.24. The summed E-state index contributed by atoms with van der Waals surface area (Å²) in [6, 6.07) is 5.82. The number of carboxylic acids is 1. The number of hydrogen-bond acceptors (Lipinski definition) is 2. The molecule has 0 aliphatic heterocycles. The summed E-state index contributed by atoms with van der Waals surface area (Å²) in [6.07, 6.45) is 6.19. The van der Waals surface area contributed by atoms with Crippen molar-refractivity contribution < 1.29 is 9.90 Å². The average Bonchev–Trinajstić information content (AvgIpc) is 2.53. The number of anilines is 1. The molecule has 0 aromatic heterocycles. The molecule has 110 valence electrons. The van der Waals surface area contributed by atoms with Crippen LogP contribution in [0.4, 0.5) is 5.69 Å². The minimum absolute atomic E-state index is 0.357. The van der Waals surface area contributed by atoms with Crippen molar-refractivity contribution in [2.45, 2.75) is 58.9 Å².